The molecule has 5 heteroatoms. The molecule has 0 saturated heterocycles. The molecule has 3 nitrogen and oxygen atoms in total. The topological polar surface area (TPSA) is 21.7 Å². The van der Waals surface area contributed by atoms with E-state index < -0.39 is 23.6 Å². The molecule has 134 valence electrons. The number of hydrogen-bond donors (Lipinski definition) is 0. The van der Waals surface area contributed by atoms with Crippen LogP contribution in [0.5, 0.6) is 0 Å². The summed E-state index contributed by atoms with van der Waals surface area (Å²) in [6.07, 6.45) is 0. The van der Waals surface area contributed by atoms with Gasteiger partial charge in [-0.1, -0.05) is 41.5 Å². The van der Waals surface area contributed by atoms with Crippen LogP contribution in [0.2, 0.25) is 36.3 Å². The van der Waals surface area contributed by atoms with Crippen LogP contribution in [0.25, 0.3) is 0 Å². The van der Waals surface area contributed by atoms with Crippen LogP contribution in [-0.4, -0.2) is 54.8 Å². The van der Waals surface area contributed by atoms with Crippen LogP contribution in [0.15, 0.2) is 0 Å². The molecule has 0 saturated carbocycles. The Morgan fingerprint density at radius 2 is 1.09 bits per heavy atom. The summed E-state index contributed by atoms with van der Waals surface area (Å²) in [4.78, 5) is 1.51. The van der Waals surface area contributed by atoms with Crippen molar-refractivity contribution in [2.75, 3.05) is 33.3 Å². The van der Waals surface area contributed by atoms with Gasteiger partial charge >= 0.3 is 0 Å². The smallest absolute Gasteiger partial charge is 0.192 e. The Balaban J connectivity index is 4.66. The molecule has 0 amide bonds. The van der Waals surface area contributed by atoms with Crippen molar-refractivity contribution < 1.29 is 13.0 Å². The molecule has 0 aromatic heterocycles. The van der Waals surface area contributed by atoms with E-state index in [-0.39, 0.29) is 10.1 Å². The predicted octanol–water partition coefficient (Wildman–Crippen LogP) is 4.96. The van der Waals surface area contributed by atoms with Gasteiger partial charge in [0.1, 0.15) is 0 Å². The molecular formula is C17H41NO2Si2. The highest BCUT2D eigenvalue weighted by molar-refractivity contribution is 6.74. The number of rotatable bonds is 8. The van der Waals surface area contributed by atoms with Crippen LogP contribution >= 0.6 is 0 Å². The van der Waals surface area contributed by atoms with Gasteiger partial charge in [-0.3, -0.25) is 0 Å². The molecule has 0 heterocycles. The lowest BCUT2D eigenvalue weighted by atomic mass is 10.2. The lowest BCUT2D eigenvalue weighted by molar-refractivity contribution is 0.187. The summed E-state index contributed by atoms with van der Waals surface area (Å²) in [7, 11) is -3.70. The van der Waals surface area contributed by atoms with Gasteiger partial charge in [-0.05, 0) is 43.2 Å². The minimum absolute atomic E-state index is 0.128. The van der Waals surface area contributed by atoms with Crippen LogP contribution in [-0.2, 0) is 8.85 Å². The summed E-state index contributed by atoms with van der Waals surface area (Å²) in [5, 5.41) is 0.256. The molecule has 0 aromatic rings. The van der Waals surface area contributed by atoms with E-state index in [9.17, 15) is 0 Å². The third-order valence-corrected chi connectivity index (χ3v) is 14.3. The Kier molecular flexibility index (Phi) is 6.18. The Hall–Kier alpha value is 0.314. The molecule has 0 aromatic carbocycles. The van der Waals surface area contributed by atoms with Crippen molar-refractivity contribution in [2.24, 2.45) is 0 Å². The highest BCUT2D eigenvalue weighted by Crippen LogP contribution is 2.37. The molecule has 0 aliphatic rings. The Bertz CT molecular complexity index is 382. The maximum atomic E-state index is 7.77. The first-order valence-corrected chi connectivity index (χ1v) is 14.2. The molecular weight excluding hydrogens is 306 g/mol. The molecule has 0 radical (unpaired) electrons. The quantitative estimate of drug-likeness (QED) is 0.577. The molecule has 0 unspecified atom stereocenters. The summed E-state index contributed by atoms with van der Waals surface area (Å²) < 4.78 is 35.6. The number of hydrogen-bond acceptors (Lipinski definition) is 3. The first-order valence-electron chi connectivity index (χ1n) is 9.84. The standard InChI is InChI=1S/C17H41NO2Si2/c1-16(2,3)21(8,9)19-14-12-18(7)13-15-20-22(10,11)17(4,5)6/h12-15H2,1-11H3/i7D3. The van der Waals surface area contributed by atoms with Crippen LogP contribution < -0.4 is 0 Å². The maximum absolute atomic E-state index is 7.77. The van der Waals surface area contributed by atoms with Crippen molar-refractivity contribution in [3.8, 4) is 0 Å². The average Bonchev–Trinajstić information content (AvgIpc) is 2.32. The Morgan fingerprint density at radius 1 is 0.773 bits per heavy atom. The molecule has 0 aliphatic heterocycles. The van der Waals surface area contributed by atoms with Gasteiger partial charge in [0.2, 0.25) is 0 Å². The predicted molar refractivity (Wildman–Crippen MR) is 104 cm³/mol. The van der Waals surface area contributed by atoms with Crippen LogP contribution in [0.3, 0.4) is 0 Å². The molecule has 0 N–H and O–H groups in total. The minimum Gasteiger partial charge on any atom is -0.416 e. The van der Waals surface area contributed by atoms with E-state index in [1.54, 1.807) is 0 Å². The average molecular weight is 351 g/mol. The summed E-state index contributed by atoms with van der Waals surface area (Å²) >= 11 is 0. The fraction of sp³-hybridized carbons (Fsp3) is 1.00. The second kappa shape index (κ2) is 7.92. The molecule has 0 spiro atoms. The van der Waals surface area contributed by atoms with Crippen LogP contribution in [0.4, 0.5) is 0 Å². The van der Waals surface area contributed by atoms with E-state index in [0.717, 1.165) is 0 Å². The van der Waals surface area contributed by atoms with Crippen molar-refractivity contribution in [3.05, 3.63) is 0 Å². The van der Waals surface area contributed by atoms with Crippen molar-refractivity contribution in [1.82, 2.24) is 4.90 Å². The van der Waals surface area contributed by atoms with Gasteiger partial charge in [0.15, 0.2) is 16.6 Å². The zero-order chi connectivity index (χ0) is 20.3. The maximum Gasteiger partial charge on any atom is 0.192 e. The first kappa shape index (κ1) is 17.1. The van der Waals surface area contributed by atoms with E-state index in [1.807, 2.05) is 0 Å². The molecule has 0 rings (SSSR count). The summed E-state index contributed by atoms with van der Waals surface area (Å²) in [6.45, 7) is 21.5. The molecule has 0 fully saturated rings. The van der Waals surface area contributed by atoms with Gasteiger partial charge in [0.05, 0.1) is 0 Å². The monoisotopic (exact) mass is 350 g/mol. The largest absolute Gasteiger partial charge is 0.416 e. The van der Waals surface area contributed by atoms with Gasteiger partial charge < -0.3 is 13.8 Å². The fourth-order valence-electron chi connectivity index (χ4n) is 1.37. The van der Waals surface area contributed by atoms with Gasteiger partial charge in [-0.15, -0.1) is 0 Å². The van der Waals surface area contributed by atoms with E-state index in [2.05, 4.69) is 67.7 Å². The van der Waals surface area contributed by atoms with Gasteiger partial charge in [-0.2, -0.15) is 0 Å². The Labute approximate surface area is 146 Å². The third-order valence-electron chi connectivity index (χ3n) is 5.26. The zero-order valence-electron chi connectivity index (χ0n) is 19.6. The highest BCUT2D eigenvalue weighted by atomic mass is 28.4. The third kappa shape index (κ3) is 7.26. The van der Waals surface area contributed by atoms with Crippen molar-refractivity contribution in [3.63, 3.8) is 0 Å². The van der Waals surface area contributed by atoms with E-state index in [4.69, 9.17) is 13.0 Å². The van der Waals surface area contributed by atoms with E-state index >= 15 is 0 Å². The van der Waals surface area contributed by atoms with Crippen LogP contribution in [0.1, 0.15) is 45.7 Å². The van der Waals surface area contributed by atoms with E-state index in [0.29, 0.717) is 26.3 Å². The highest BCUT2D eigenvalue weighted by Gasteiger charge is 2.37. The van der Waals surface area contributed by atoms with E-state index in [1.165, 1.54) is 4.90 Å². The Morgan fingerprint density at radius 3 is 1.32 bits per heavy atom. The summed E-state index contributed by atoms with van der Waals surface area (Å²) in [5.74, 6) is 0. The summed E-state index contributed by atoms with van der Waals surface area (Å²) in [6, 6.07) is 0. The molecule has 0 atom stereocenters. The lowest BCUT2D eigenvalue weighted by Gasteiger charge is -2.37. The van der Waals surface area contributed by atoms with Crippen LogP contribution in [0, 0.1) is 0 Å². The SMILES string of the molecule is [2H]C([2H])([2H])N(CCO[Si](C)(C)C(C)(C)C)CCO[Si](C)(C)C(C)(C)C. The second-order valence-corrected chi connectivity index (χ2v) is 18.8. The van der Waals surface area contributed by atoms with Crippen molar-refractivity contribution in [1.29, 1.82) is 0 Å². The van der Waals surface area contributed by atoms with Crippen molar-refractivity contribution >= 4 is 16.6 Å². The van der Waals surface area contributed by atoms with Gasteiger partial charge in [-0.25, -0.2) is 0 Å². The molecule has 0 aliphatic carbocycles. The molecule has 0 bridgehead atoms. The minimum atomic E-state index is -2.12. The summed E-state index contributed by atoms with van der Waals surface area (Å²) in [5.41, 5.74) is 0. The number of nitrogens with zero attached hydrogens (tertiary/aromatic N) is 1. The first-order chi connectivity index (χ1) is 10.8. The number of likely N-dealkylation sites (N-methyl/N-ethyl adjacent to an activating group) is 1. The fourth-order valence-corrected chi connectivity index (χ4v) is 3.44. The van der Waals surface area contributed by atoms with Crippen molar-refractivity contribution in [2.45, 2.75) is 77.8 Å². The normalized spacial score (nSPS) is 17.3. The van der Waals surface area contributed by atoms with Gasteiger partial charge in [0.25, 0.3) is 0 Å². The van der Waals surface area contributed by atoms with Gasteiger partial charge in [0, 0.05) is 30.4 Å². The second-order valence-electron chi connectivity index (χ2n) is 9.20. The lowest BCUT2D eigenvalue weighted by Crippen LogP contribution is -2.44. The zero-order valence-corrected chi connectivity index (χ0v) is 18.6. The molecule has 22 heavy (non-hydrogen) atoms.